The molecule has 2 aromatic rings. The average Bonchev–Trinajstić information content (AvgIpc) is 2.58. The SMILES string of the molecule is O=C(CCc1cccc(Cl)c1)NCc1ccc2c(c1)OCCO2. The maximum Gasteiger partial charge on any atom is 0.220 e. The minimum Gasteiger partial charge on any atom is -0.486 e. The predicted molar refractivity (Wildman–Crippen MR) is 89.1 cm³/mol. The van der Waals surface area contributed by atoms with Gasteiger partial charge in [0.05, 0.1) is 0 Å². The number of nitrogens with one attached hydrogen (secondary N) is 1. The highest BCUT2D eigenvalue weighted by molar-refractivity contribution is 6.30. The van der Waals surface area contributed by atoms with Gasteiger partial charge in [-0.25, -0.2) is 0 Å². The van der Waals surface area contributed by atoms with E-state index in [1.807, 2.05) is 42.5 Å². The number of carbonyl (C=O) groups is 1. The molecule has 0 aliphatic carbocycles. The van der Waals surface area contributed by atoms with Crippen LogP contribution < -0.4 is 14.8 Å². The third-order valence-electron chi connectivity index (χ3n) is 3.63. The molecule has 1 N–H and O–H groups in total. The Balaban J connectivity index is 1.49. The summed E-state index contributed by atoms with van der Waals surface area (Å²) in [5.41, 5.74) is 2.05. The van der Waals surface area contributed by atoms with Gasteiger partial charge in [-0.05, 0) is 41.8 Å². The Bertz CT molecular complexity index is 702. The third-order valence-corrected chi connectivity index (χ3v) is 3.86. The summed E-state index contributed by atoms with van der Waals surface area (Å²) in [6.07, 6.45) is 1.11. The van der Waals surface area contributed by atoms with E-state index >= 15 is 0 Å². The smallest absolute Gasteiger partial charge is 0.220 e. The summed E-state index contributed by atoms with van der Waals surface area (Å²) in [5.74, 6) is 1.51. The number of halogens is 1. The van der Waals surface area contributed by atoms with Crippen LogP contribution in [0.2, 0.25) is 5.02 Å². The fraction of sp³-hybridized carbons (Fsp3) is 0.278. The normalized spacial score (nSPS) is 12.7. The molecule has 4 nitrogen and oxygen atoms in total. The summed E-state index contributed by atoms with van der Waals surface area (Å²) in [4.78, 5) is 12.0. The highest BCUT2D eigenvalue weighted by Gasteiger charge is 2.12. The lowest BCUT2D eigenvalue weighted by Gasteiger charge is -2.19. The van der Waals surface area contributed by atoms with Crippen LogP contribution in [0.15, 0.2) is 42.5 Å². The second-order valence-electron chi connectivity index (χ2n) is 5.38. The van der Waals surface area contributed by atoms with Crippen LogP contribution in [-0.4, -0.2) is 19.1 Å². The molecule has 1 amide bonds. The van der Waals surface area contributed by atoms with Crippen LogP contribution in [0.5, 0.6) is 11.5 Å². The van der Waals surface area contributed by atoms with Crippen LogP contribution >= 0.6 is 11.6 Å². The van der Waals surface area contributed by atoms with Gasteiger partial charge in [-0.2, -0.15) is 0 Å². The molecule has 0 radical (unpaired) electrons. The maximum atomic E-state index is 12.0. The first-order valence-corrected chi connectivity index (χ1v) is 7.98. The van der Waals surface area contributed by atoms with E-state index in [1.165, 1.54) is 0 Å². The van der Waals surface area contributed by atoms with Crippen molar-refractivity contribution < 1.29 is 14.3 Å². The molecule has 1 aliphatic rings. The van der Waals surface area contributed by atoms with E-state index in [-0.39, 0.29) is 5.91 Å². The van der Waals surface area contributed by atoms with Crippen molar-refractivity contribution in [2.45, 2.75) is 19.4 Å². The van der Waals surface area contributed by atoms with Gasteiger partial charge in [-0.3, -0.25) is 4.79 Å². The van der Waals surface area contributed by atoms with Crippen LogP contribution in [0.4, 0.5) is 0 Å². The van der Waals surface area contributed by atoms with Crippen molar-refractivity contribution in [3.05, 3.63) is 58.6 Å². The molecular formula is C18H18ClNO3. The van der Waals surface area contributed by atoms with Crippen molar-refractivity contribution in [1.82, 2.24) is 5.32 Å². The van der Waals surface area contributed by atoms with Crippen molar-refractivity contribution in [3.63, 3.8) is 0 Å². The molecule has 0 saturated carbocycles. The van der Waals surface area contributed by atoms with Crippen LogP contribution in [0.25, 0.3) is 0 Å². The van der Waals surface area contributed by atoms with Crippen molar-refractivity contribution in [1.29, 1.82) is 0 Å². The highest BCUT2D eigenvalue weighted by atomic mass is 35.5. The fourth-order valence-electron chi connectivity index (χ4n) is 2.44. The fourth-order valence-corrected chi connectivity index (χ4v) is 2.65. The van der Waals surface area contributed by atoms with Gasteiger partial charge in [0.25, 0.3) is 0 Å². The Hall–Kier alpha value is -2.20. The first-order chi connectivity index (χ1) is 11.2. The molecule has 0 fully saturated rings. The minimum absolute atomic E-state index is 0.0138. The molecule has 0 bridgehead atoms. The van der Waals surface area contributed by atoms with Crippen LogP contribution in [-0.2, 0) is 17.8 Å². The minimum atomic E-state index is 0.0138. The lowest BCUT2D eigenvalue weighted by molar-refractivity contribution is -0.121. The number of fused-ring (bicyclic) bond motifs is 1. The number of hydrogen-bond donors (Lipinski definition) is 1. The molecule has 1 heterocycles. The summed E-state index contributed by atoms with van der Waals surface area (Å²) < 4.78 is 11.0. The molecule has 120 valence electrons. The summed E-state index contributed by atoms with van der Waals surface area (Å²) in [5, 5.41) is 3.62. The second kappa shape index (κ2) is 7.38. The van der Waals surface area contributed by atoms with Gasteiger partial charge in [-0.15, -0.1) is 0 Å². The lowest BCUT2D eigenvalue weighted by atomic mass is 10.1. The van der Waals surface area contributed by atoms with E-state index in [0.29, 0.717) is 37.6 Å². The lowest BCUT2D eigenvalue weighted by Crippen LogP contribution is -2.23. The Morgan fingerprint density at radius 3 is 2.70 bits per heavy atom. The summed E-state index contributed by atoms with van der Waals surface area (Å²) in [6, 6.07) is 13.3. The summed E-state index contributed by atoms with van der Waals surface area (Å²) in [7, 11) is 0. The molecule has 0 spiro atoms. The maximum absolute atomic E-state index is 12.0. The van der Waals surface area contributed by atoms with Gasteiger partial charge in [-0.1, -0.05) is 29.8 Å². The zero-order valence-corrected chi connectivity index (χ0v) is 13.4. The Labute approximate surface area is 140 Å². The van der Waals surface area contributed by atoms with Gasteiger partial charge < -0.3 is 14.8 Å². The Kier molecular flexibility index (Phi) is 5.03. The molecule has 5 heteroatoms. The van der Waals surface area contributed by atoms with Crippen molar-refractivity contribution in [3.8, 4) is 11.5 Å². The zero-order chi connectivity index (χ0) is 16.1. The van der Waals surface area contributed by atoms with Gasteiger partial charge in [0.1, 0.15) is 13.2 Å². The molecular weight excluding hydrogens is 314 g/mol. The van der Waals surface area contributed by atoms with Crippen LogP contribution in [0, 0.1) is 0 Å². The van der Waals surface area contributed by atoms with Crippen molar-refractivity contribution >= 4 is 17.5 Å². The first kappa shape index (κ1) is 15.7. The number of benzene rings is 2. The number of hydrogen-bond acceptors (Lipinski definition) is 3. The second-order valence-corrected chi connectivity index (χ2v) is 5.82. The first-order valence-electron chi connectivity index (χ1n) is 7.60. The monoisotopic (exact) mass is 331 g/mol. The third kappa shape index (κ3) is 4.39. The van der Waals surface area contributed by atoms with E-state index in [0.717, 1.165) is 22.6 Å². The number of amides is 1. The Morgan fingerprint density at radius 2 is 1.87 bits per heavy atom. The summed E-state index contributed by atoms with van der Waals surface area (Å²) >= 11 is 5.94. The molecule has 1 aliphatic heterocycles. The van der Waals surface area contributed by atoms with Crippen molar-refractivity contribution in [2.75, 3.05) is 13.2 Å². The molecule has 0 saturated heterocycles. The van der Waals surface area contributed by atoms with Crippen molar-refractivity contribution in [2.24, 2.45) is 0 Å². The van der Waals surface area contributed by atoms with Gasteiger partial charge in [0.15, 0.2) is 11.5 Å². The van der Waals surface area contributed by atoms with Gasteiger partial charge >= 0.3 is 0 Å². The zero-order valence-electron chi connectivity index (χ0n) is 12.7. The molecule has 0 unspecified atom stereocenters. The van der Waals surface area contributed by atoms with Gasteiger partial charge in [0.2, 0.25) is 5.91 Å². The topological polar surface area (TPSA) is 47.6 Å². The van der Waals surface area contributed by atoms with E-state index < -0.39 is 0 Å². The van der Waals surface area contributed by atoms with E-state index in [9.17, 15) is 4.79 Å². The standard InChI is InChI=1S/C18H18ClNO3/c19-15-3-1-2-13(10-15)5-7-18(21)20-12-14-4-6-16-17(11-14)23-9-8-22-16/h1-4,6,10-11H,5,7-9,12H2,(H,20,21). The van der Waals surface area contributed by atoms with E-state index in [4.69, 9.17) is 21.1 Å². The number of carbonyl (C=O) groups excluding carboxylic acids is 1. The molecule has 2 aromatic carbocycles. The summed E-state index contributed by atoms with van der Waals surface area (Å²) in [6.45, 7) is 1.61. The largest absolute Gasteiger partial charge is 0.486 e. The predicted octanol–water partition coefficient (Wildman–Crippen LogP) is 3.36. The average molecular weight is 332 g/mol. The quantitative estimate of drug-likeness (QED) is 0.914. The van der Waals surface area contributed by atoms with Crippen LogP contribution in [0.1, 0.15) is 17.5 Å². The van der Waals surface area contributed by atoms with E-state index in [1.54, 1.807) is 0 Å². The van der Waals surface area contributed by atoms with Crippen LogP contribution in [0.3, 0.4) is 0 Å². The molecule has 0 atom stereocenters. The molecule has 0 aromatic heterocycles. The molecule has 23 heavy (non-hydrogen) atoms. The molecule has 3 rings (SSSR count). The number of ether oxygens (including phenoxy) is 2. The highest BCUT2D eigenvalue weighted by Crippen LogP contribution is 2.30. The number of aryl methyl sites for hydroxylation is 1. The number of rotatable bonds is 5. The Morgan fingerprint density at radius 1 is 1.04 bits per heavy atom. The van der Waals surface area contributed by atoms with E-state index in [2.05, 4.69) is 5.32 Å². The van der Waals surface area contributed by atoms with Gasteiger partial charge in [0, 0.05) is 18.0 Å².